The molecule has 0 bridgehead atoms. The first-order valence-electron chi connectivity index (χ1n) is 6.88. The van der Waals surface area contributed by atoms with Gasteiger partial charge < -0.3 is 10.6 Å². The topological polar surface area (TPSA) is 46.3 Å². The van der Waals surface area contributed by atoms with Gasteiger partial charge in [0.2, 0.25) is 0 Å². The summed E-state index contributed by atoms with van der Waals surface area (Å²) in [5.74, 6) is 0.111. The predicted octanol–water partition coefficient (Wildman–Crippen LogP) is 2.75. The van der Waals surface area contributed by atoms with Crippen LogP contribution in [0.15, 0.2) is 18.2 Å². The van der Waals surface area contributed by atoms with Gasteiger partial charge in [-0.2, -0.15) is 0 Å². The van der Waals surface area contributed by atoms with Crippen molar-refractivity contribution in [2.75, 3.05) is 19.6 Å². The molecule has 0 heterocycles. The number of hydrogen-bond donors (Lipinski definition) is 1. The maximum atomic E-state index is 12.7. The van der Waals surface area contributed by atoms with E-state index >= 15 is 0 Å². The Balaban J connectivity index is 3.03. The zero-order valence-corrected chi connectivity index (χ0v) is 12.8. The molecular weight excluding hydrogens is 236 g/mol. The average molecular weight is 262 g/mol. The fraction of sp³-hybridized carbons (Fsp3) is 0.562. The number of carbonyl (C=O) groups excluding carboxylic acids is 1. The number of nitrogens with two attached hydrogens (primary N) is 1. The van der Waals surface area contributed by atoms with Crippen LogP contribution in [0.2, 0.25) is 0 Å². The number of rotatable bonds is 5. The monoisotopic (exact) mass is 262 g/mol. The fourth-order valence-electron chi connectivity index (χ4n) is 2.22. The van der Waals surface area contributed by atoms with E-state index in [-0.39, 0.29) is 11.3 Å². The molecule has 0 radical (unpaired) electrons. The maximum absolute atomic E-state index is 12.7. The standard InChI is InChI=1S/C16H26N2O/c1-6-18(11-16(4,5)10-17)15(19)14-12(2)8-7-9-13(14)3/h7-9H,6,10-11,17H2,1-5H3. The first kappa shape index (κ1) is 15.7. The van der Waals surface area contributed by atoms with E-state index in [4.69, 9.17) is 5.73 Å². The number of carbonyl (C=O) groups is 1. The second kappa shape index (κ2) is 6.20. The average Bonchev–Trinajstić information content (AvgIpc) is 2.35. The van der Waals surface area contributed by atoms with Crippen LogP contribution in [-0.4, -0.2) is 30.4 Å². The van der Waals surface area contributed by atoms with Gasteiger partial charge in [-0.15, -0.1) is 0 Å². The molecule has 0 saturated heterocycles. The quantitative estimate of drug-likeness (QED) is 0.887. The Morgan fingerprint density at radius 2 is 1.79 bits per heavy atom. The SMILES string of the molecule is CCN(CC(C)(C)CN)C(=O)c1c(C)cccc1C. The van der Waals surface area contributed by atoms with Crippen molar-refractivity contribution in [3.05, 3.63) is 34.9 Å². The zero-order chi connectivity index (χ0) is 14.6. The van der Waals surface area contributed by atoms with Gasteiger partial charge in [-0.3, -0.25) is 4.79 Å². The van der Waals surface area contributed by atoms with Crippen LogP contribution >= 0.6 is 0 Å². The van der Waals surface area contributed by atoms with Gasteiger partial charge in [-0.05, 0) is 43.9 Å². The van der Waals surface area contributed by atoms with Crippen LogP contribution in [0.4, 0.5) is 0 Å². The van der Waals surface area contributed by atoms with Crippen molar-refractivity contribution in [3.63, 3.8) is 0 Å². The molecule has 3 nitrogen and oxygen atoms in total. The lowest BCUT2D eigenvalue weighted by molar-refractivity contribution is 0.0699. The Kier molecular flexibility index (Phi) is 5.12. The molecule has 0 aliphatic carbocycles. The molecule has 0 aliphatic heterocycles. The molecule has 1 aromatic rings. The van der Waals surface area contributed by atoms with Crippen LogP contribution in [0.5, 0.6) is 0 Å². The Bertz CT molecular complexity index is 432. The van der Waals surface area contributed by atoms with E-state index < -0.39 is 0 Å². The summed E-state index contributed by atoms with van der Waals surface area (Å²) >= 11 is 0. The summed E-state index contributed by atoms with van der Waals surface area (Å²) < 4.78 is 0. The number of amides is 1. The van der Waals surface area contributed by atoms with Gasteiger partial charge in [-0.1, -0.05) is 32.0 Å². The lowest BCUT2D eigenvalue weighted by Crippen LogP contribution is -2.42. The molecular formula is C16H26N2O. The van der Waals surface area contributed by atoms with Gasteiger partial charge in [0.05, 0.1) is 0 Å². The van der Waals surface area contributed by atoms with Crippen molar-refractivity contribution in [3.8, 4) is 0 Å². The molecule has 0 saturated carbocycles. The molecule has 0 unspecified atom stereocenters. The third-order valence-electron chi connectivity index (χ3n) is 3.54. The minimum Gasteiger partial charge on any atom is -0.338 e. The van der Waals surface area contributed by atoms with Gasteiger partial charge in [0.15, 0.2) is 0 Å². The van der Waals surface area contributed by atoms with E-state index in [9.17, 15) is 4.79 Å². The van der Waals surface area contributed by atoms with Gasteiger partial charge in [0.1, 0.15) is 0 Å². The summed E-state index contributed by atoms with van der Waals surface area (Å²) in [6.45, 7) is 12.1. The summed E-state index contributed by atoms with van der Waals surface area (Å²) in [6, 6.07) is 5.96. The van der Waals surface area contributed by atoms with Crippen LogP contribution in [0.3, 0.4) is 0 Å². The van der Waals surface area contributed by atoms with E-state index in [0.717, 1.165) is 16.7 Å². The first-order chi connectivity index (χ1) is 8.82. The smallest absolute Gasteiger partial charge is 0.254 e. The largest absolute Gasteiger partial charge is 0.338 e. The molecule has 0 atom stereocenters. The summed E-state index contributed by atoms with van der Waals surface area (Å²) in [6.07, 6.45) is 0. The minimum atomic E-state index is -0.0533. The predicted molar refractivity (Wildman–Crippen MR) is 80.3 cm³/mol. The second-order valence-corrected chi connectivity index (χ2v) is 5.95. The molecule has 1 rings (SSSR count). The lowest BCUT2D eigenvalue weighted by Gasteiger charge is -2.31. The van der Waals surface area contributed by atoms with Gasteiger partial charge in [0.25, 0.3) is 5.91 Å². The van der Waals surface area contributed by atoms with E-state index in [1.807, 2.05) is 43.9 Å². The van der Waals surface area contributed by atoms with Crippen molar-refractivity contribution >= 4 is 5.91 Å². The molecule has 106 valence electrons. The molecule has 2 N–H and O–H groups in total. The molecule has 1 aromatic carbocycles. The number of nitrogens with zero attached hydrogens (tertiary/aromatic N) is 1. The molecule has 0 aliphatic rings. The summed E-state index contributed by atoms with van der Waals surface area (Å²) in [5, 5.41) is 0. The van der Waals surface area contributed by atoms with Crippen LogP contribution < -0.4 is 5.73 Å². The molecule has 0 fully saturated rings. The molecule has 3 heteroatoms. The van der Waals surface area contributed by atoms with Gasteiger partial charge in [-0.25, -0.2) is 0 Å². The second-order valence-electron chi connectivity index (χ2n) is 5.95. The Labute approximate surface area is 116 Å². The van der Waals surface area contributed by atoms with Gasteiger partial charge in [0, 0.05) is 18.7 Å². The highest BCUT2D eigenvalue weighted by atomic mass is 16.2. The summed E-state index contributed by atoms with van der Waals surface area (Å²) in [7, 11) is 0. The number of benzene rings is 1. The van der Waals surface area contributed by atoms with Crippen molar-refractivity contribution in [2.24, 2.45) is 11.1 Å². The highest BCUT2D eigenvalue weighted by Crippen LogP contribution is 2.20. The first-order valence-corrected chi connectivity index (χ1v) is 6.88. The Morgan fingerprint density at radius 3 is 2.21 bits per heavy atom. The van der Waals surface area contributed by atoms with E-state index in [1.165, 1.54) is 0 Å². The molecule has 0 aromatic heterocycles. The number of hydrogen-bond acceptors (Lipinski definition) is 2. The van der Waals surface area contributed by atoms with E-state index in [0.29, 0.717) is 19.6 Å². The van der Waals surface area contributed by atoms with Crippen LogP contribution in [0.25, 0.3) is 0 Å². The van der Waals surface area contributed by atoms with Gasteiger partial charge >= 0.3 is 0 Å². The van der Waals surface area contributed by atoms with Crippen LogP contribution in [0, 0.1) is 19.3 Å². The van der Waals surface area contributed by atoms with Crippen molar-refractivity contribution in [1.29, 1.82) is 0 Å². The van der Waals surface area contributed by atoms with Crippen LogP contribution in [0.1, 0.15) is 42.3 Å². The van der Waals surface area contributed by atoms with Crippen molar-refractivity contribution in [2.45, 2.75) is 34.6 Å². The third kappa shape index (κ3) is 3.80. The minimum absolute atomic E-state index is 0.0533. The van der Waals surface area contributed by atoms with Crippen LogP contribution in [-0.2, 0) is 0 Å². The Morgan fingerprint density at radius 1 is 1.26 bits per heavy atom. The zero-order valence-electron chi connectivity index (χ0n) is 12.8. The summed E-state index contributed by atoms with van der Waals surface area (Å²) in [5.41, 5.74) is 8.62. The molecule has 0 spiro atoms. The molecule has 19 heavy (non-hydrogen) atoms. The normalized spacial score (nSPS) is 11.5. The van der Waals surface area contributed by atoms with E-state index in [2.05, 4.69) is 13.8 Å². The van der Waals surface area contributed by atoms with E-state index in [1.54, 1.807) is 0 Å². The molecule has 1 amide bonds. The summed E-state index contributed by atoms with van der Waals surface area (Å²) in [4.78, 5) is 14.6. The maximum Gasteiger partial charge on any atom is 0.254 e. The Hall–Kier alpha value is -1.35. The van der Waals surface area contributed by atoms with Crippen molar-refractivity contribution in [1.82, 2.24) is 4.90 Å². The third-order valence-corrected chi connectivity index (χ3v) is 3.54. The highest BCUT2D eigenvalue weighted by molar-refractivity contribution is 5.97. The number of aryl methyl sites for hydroxylation is 2. The van der Waals surface area contributed by atoms with Crippen molar-refractivity contribution < 1.29 is 4.79 Å². The fourth-order valence-corrected chi connectivity index (χ4v) is 2.22. The lowest BCUT2D eigenvalue weighted by atomic mass is 9.92. The highest BCUT2D eigenvalue weighted by Gasteiger charge is 2.25.